The molecular weight excluding hydrogens is 943 g/mol. The van der Waals surface area contributed by atoms with Gasteiger partial charge in [-0.3, -0.25) is 0 Å². The molecule has 0 fully saturated rings. The maximum atomic E-state index is 6.90. The van der Waals surface area contributed by atoms with Gasteiger partial charge in [-0.05, 0) is 173 Å². The van der Waals surface area contributed by atoms with E-state index >= 15 is 0 Å². The zero-order valence-electron chi connectivity index (χ0n) is 47.4. The van der Waals surface area contributed by atoms with Crippen LogP contribution >= 0.6 is 0 Å². The molecule has 386 valence electrons. The van der Waals surface area contributed by atoms with Crippen molar-refractivity contribution in [1.29, 1.82) is 0 Å². The molecule has 8 aromatic carbocycles. The molecule has 5 aliphatic rings. The molecule has 2 nitrogen and oxygen atoms in total. The van der Waals surface area contributed by atoms with Crippen molar-refractivity contribution in [2.24, 2.45) is 11.3 Å². The molecule has 0 aliphatic heterocycles. The summed E-state index contributed by atoms with van der Waals surface area (Å²) in [4.78, 5) is 2.57. The highest BCUT2D eigenvalue weighted by atomic mass is 16.3. The van der Waals surface area contributed by atoms with E-state index in [2.05, 4.69) is 281 Å². The average molecular weight is 1010 g/mol. The fourth-order valence-electron chi connectivity index (χ4n) is 15.4. The predicted octanol–water partition coefficient (Wildman–Crippen LogP) is 20.5. The Kier molecular flexibility index (Phi) is 10.4. The molecule has 0 saturated carbocycles. The zero-order chi connectivity index (χ0) is 53.9. The Bertz CT molecular complexity index is 4080. The third-order valence-corrected chi connectivity index (χ3v) is 19.4. The monoisotopic (exact) mass is 1010 g/mol. The van der Waals surface area contributed by atoms with E-state index < -0.39 is 5.41 Å². The molecule has 78 heavy (non-hydrogen) atoms. The number of anilines is 3. The molecule has 1 aromatic heterocycles. The zero-order valence-corrected chi connectivity index (χ0v) is 47.4. The minimum atomic E-state index is -0.506. The van der Waals surface area contributed by atoms with Gasteiger partial charge in [0.25, 0.3) is 0 Å². The van der Waals surface area contributed by atoms with Gasteiger partial charge in [0.05, 0.1) is 11.1 Å². The molecule has 0 bridgehead atoms. The Hall–Kier alpha value is -7.68. The van der Waals surface area contributed by atoms with E-state index in [1.54, 1.807) is 0 Å². The van der Waals surface area contributed by atoms with E-state index in [4.69, 9.17) is 4.42 Å². The molecule has 2 unspecified atom stereocenters. The SMILES string of the molecule is CC(C)(C)C1=CC2=C(CC1)c1c(-c3ccc4oc5ccc(N(c6ccc7c(c6)C(C)(C)c6ccccc6-7)c6cccc7c6C6(C)C=CC=CC6C7(C)C)cc5c4c3)cc(C(C)(C)C)cc1C2(c1ccccc1)c1ccccc1. The van der Waals surface area contributed by atoms with Gasteiger partial charge < -0.3 is 9.32 Å². The highest BCUT2D eigenvalue weighted by Gasteiger charge is 2.54. The van der Waals surface area contributed by atoms with Crippen LogP contribution in [-0.2, 0) is 27.1 Å². The summed E-state index contributed by atoms with van der Waals surface area (Å²) in [5.74, 6) is 0.320. The first kappa shape index (κ1) is 48.7. The molecule has 0 N–H and O–H groups in total. The molecule has 0 amide bonds. The third kappa shape index (κ3) is 6.80. The lowest BCUT2D eigenvalue weighted by Crippen LogP contribution is -2.34. The van der Waals surface area contributed by atoms with Crippen molar-refractivity contribution in [3.63, 3.8) is 0 Å². The van der Waals surface area contributed by atoms with Crippen molar-refractivity contribution < 1.29 is 4.42 Å². The summed E-state index contributed by atoms with van der Waals surface area (Å²) in [6.45, 7) is 26.4. The lowest BCUT2D eigenvalue weighted by atomic mass is 9.64. The molecule has 1 heterocycles. The maximum Gasteiger partial charge on any atom is 0.135 e. The van der Waals surface area contributed by atoms with Crippen LogP contribution in [0.4, 0.5) is 17.1 Å². The summed E-state index contributed by atoms with van der Waals surface area (Å²) >= 11 is 0. The van der Waals surface area contributed by atoms with Gasteiger partial charge in [-0.2, -0.15) is 0 Å². The number of rotatable bonds is 6. The Morgan fingerprint density at radius 1 is 0.526 bits per heavy atom. The second-order valence-corrected chi connectivity index (χ2v) is 26.6. The van der Waals surface area contributed by atoms with Crippen molar-refractivity contribution in [3.8, 4) is 22.3 Å². The van der Waals surface area contributed by atoms with Crippen molar-refractivity contribution >= 4 is 44.6 Å². The number of benzene rings is 8. The third-order valence-electron chi connectivity index (χ3n) is 19.4. The second-order valence-electron chi connectivity index (χ2n) is 26.6. The summed E-state index contributed by atoms with van der Waals surface area (Å²) in [5, 5.41) is 2.24. The smallest absolute Gasteiger partial charge is 0.135 e. The molecule has 2 heteroatoms. The van der Waals surface area contributed by atoms with Gasteiger partial charge in [0.1, 0.15) is 11.2 Å². The predicted molar refractivity (Wildman–Crippen MR) is 329 cm³/mol. The first-order valence-electron chi connectivity index (χ1n) is 28.6. The van der Waals surface area contributed by atoms with Crippen LogP contribution in [0.15, 0.2) is 216 Å². The number of allylic oxidation sites excluding steroid dienone is 8. The van der Waals surface area contributed by atoms with Crippen LogP contribution in [0.2, 0.25) is 0 Å². The van der Waals surface area contributed by atoms with Crippen molar-refractivity contribution in [2.75, 3.05) is 4.90 Å². The molecule has 5 aliphatic carbocycles. The highest BCUT2D eigenvalue weighted by Crippen LogP contribution is 2.63. The molecule has 0 spiro atoms. The van der Waals surface area contributed by atoms with Crippen LogP contribution in [0.5, 0.6) is 0 Å². The van der Waals surface area contributed by atoms with E-state index in [0.29, 0.717) is 5.92 Å². The van der Waals surface area contributed by atoms with Gasteiger partial charge in [0.2, 0.25) is 0 Å². The summed E-state index contributed by atoms with van der Waals surface area (Å²) in [5.41, 5.74) is 26.1. The van der Waals surface area contributed by atoms with Gasteiger partial charge in [-0.15, -0.1) is 0 Å². The number of hydrogen-bond acceptors (Lipinski definition) is 2. The second kappa shape index (κ2) is 16.7. The van der Waals surface area contributed by atoms with E-state index in [-0.39, 0.29) is 27.1 Å². The lowest BCUT2D eigenvalue weighted by Gasteiger charge is -2.37. The quantitative estimate of drug-likeness (QED) is 0.165. The highest BCUT2D eigenvalue weighted by molar-refractivity contribution is 6.09. The first-order chi connectivity index (χ1) is 37.3. The number of fused-ring (bicyclic) bond motifs is 11. The van der Waals surface area contributed by atoms with Crippen LogP contribution < -0.4 is 4.90 Å². The fourth-order valence-corrected chi connectivity index (χ4v) is 15.4. The summed E-state index contributed by atoms with van der Waals surface area (Å²) in [6, 6.07) is 65.0. The standard InChI is InChI=1S/C76H71NO/c1-71(2,3)50-33-36-56-63(43-50)76(48-23-14-12-15-24-48,49-25-16-13-17-26-49)64-44-51(72(4,5)6)42-57(69(56)64)47-32-38-66-58(41-47)59-45-52(35-39-67(59)78-66)77(53-34-37-55-54-27-18-19-28-60(54)73(7,8)62(55)46-53)65-30-22-29-61-70(65)75(11)40-21-20-31-68(75)74(61,9)10/h12-32,34-35,37-46,68H,33,36H2,1-11H3. The van der Waals surface area contributed by atoms with Crippen LogP contribution in [0, 0.1) is 11.3 Å². The van der Waals surface area contributed by atoms with Crippen LogP contribution in [0.25, 0.3) is 49.8 Å². The Morgan fingerprint density at radius 3 is 1.88 bits per heavy atom. The lowest BCUT2D eigenvalue weighted by molar-refractivity contribution is 0.324. The van der Waals surface area contributed by atoms with E-state index in [0.717, 1.165) is 46.2 Å². The number of nitrogens with zero attached hydrogens (tertiary/aromatic N) is 1. The summed E-state index contributed by atoms with van der Waals surface area (Å²) < 4.78 is 6.90. The summed E-state index contributed by atoms with van der Waals surface area (Å²) in [6.07, 6.45) is 14.1. The van der Waals surface area contributed by atoms with Crippen molar-refractivity contribution in [1.82, 2.24) is 0 Å². The average Bonchev–Trinajstić information content (AvgIpc) is 4.26. The van der Waals surface area contributed by atoms with Crippen LogP contribution in [0.3, 0.4) is 0 Å². The fraction of sp³-hybridized carbons (Fsp3) is 0.263. The minimum Gasteiger partial charge on any atom is -0.456 e. The van der Waals surface area contributed by atoms with Crippen LogP contribution in [0.1, 0.15) is 139 Å². The van der Waals surface area contributed by atoms with E-state index in [1.807, 2.05) is 0 Å². The Morgan fingerprint density at radius 2 is 1.17 bits per heavy atom. The number of furan rings is 1. The van der Waals surface area contributed by atoms with Gasteiger partial charge in [-0.25, -0.2) is 0 Å². The first-order valence-corrected chi connectivity index (χ1v) is 28.6. The maximum absolute atomic E-state index is 6.90. The molecule has 9 aromatic rings. The van der Waals surface area contributed by atoms with Crippen LogP contribution in [-0.4, -0.2) is 0 Å². The van der Waals surface area contributed by atoms with Gasteiger partial charge in [0.15, 0.2) is 0 Å². The molecular formula is C76H71NO. The molecule has 14 rings (SSSR count). The largest absolute Gasteiger partial charge is 0.456 e. The van der Waals surface area contributed by atoms with Gasteiger partial charge >= 0.3 is 0 Å². The van der Waals surface area contributed by atoms with Crippen molar-refractivity contribution in [3.05, 3.63) is 261 Å². The van der Waals surface area contributed by atoms with Crippen molar-refractivity contribution in [2.45, 2.75) is 116 Å². The Labute approximate surface area is 462 Å². The normalized spacial score (nSPS) is 20.0. The van der Waals surface area contributed by atoms with E-state index in [9.17, 15) is 0 Å². The topological polar surface area (TPSA) is 16.4 Å². The number of hydrogen-bond donors (Lipinski definition) is 0. The molecule has 0 saturated heterocycles. The molecule has 0 radical (unpaired) electrons. The Balaban J connectivity index is 1.01. The summed E-state index contributed by atoms with van der Waals surface area (Å²) in [7, 11) is 0. The minimum absolute atomic E-state index is 0.0401. The van der Waals surface area contributed by atoms with Gasteiger partial charge in [-0.1, -0.05) is 227 Å². The molecule has 2 atom stereocenters. The van der Waals surface area contributed by atoms with E-state index in [1.165, 1.54) is 94.7 Å². The van der Waals surface area contributed by atoms with Gasteiger partial charge in [0, 0.05) is 33.0 Å².